The Kier molecular flexibility index (Phi) is 7.82. The van der Waals surface area contributed by atoms with E-state index in [0.717, 1.165) is 10.0 Å². The lowest BCUT2D eigenvalue weighted by molar-refractivity contribution is -0.124. The van der Waals surface area contributed by atoms with Crippen molar-refractivity contribution in [3.8, 4) is 5.75 Å². The van der Waals surface area contributed by atoms with Gasteiger partial charge < -0.3 is 10.1 Å². The molecule has 0 aromatic heterocycles. The van der Waals surface area contributed by atoms with Gasteiger partial charge in [0.2, 0.25) is 11.8 Å². The Balaban J connectivity index is 1.81. The first-order chi connectivity index (χ1) is 12.9. The van der Waals surface area contributed by atoms with E-state index in [1.807, 2.05) is 25.1 Å². The van der Waals surface area contributed by atoms with Crippen LogP contribution in [0.1, 0.15) is 24.0 Å². The third kappa shape index (κ3) is 6.69. The third-order valence-corrected chi connectivity index (χ3v) is 4.52. The van der Waals surface area contributed by atoms with Crippen molar-refractivity contribution in [3.05, 3.63) is 57.0 Å². The molecular formula is C19H19BrClN3O3. The van der Waals surface area contributed by atoms with Crippen molar-refractivity contribution in [1.82, 2.24) is 5.43 Å². The summed E-state index contributed by atoms with van der Waals surface area (Å²) < 4.78 is 6.09. The molecule has 0 saturated carbocycles. The number of benzene rings is 2. The topological polar surface area (TPSA) is 79.8 Å². The van der Waals surface area contributed by atoms with Gasteiger partial charge in [-0.05, 0) is 42.8 Å². The molecule has 0 aliphatic rings. The van der Waals surface area contributed by atoms with Crippen LogP contribution in [0.25, 0.3) is 0 Å². The molecule has 27 heavy (non-hydrogen) atoms. The Bertz CT molecular complexity index is 871. The lowest BCUT2D eigenvalue weighted by atomic mass is 10.2. The van der Waals surface area contributed by atoms with E-state index in [0.29, 0.717) is 22.0 Å². The lowest BCUT2D eigenvalue weighted by Gasteiger charge is -2.07. The number of anilines is 1. The number of nitrogens with one attached hydrogen (secondary N) is 2. The molecule has 2 rings (SSSR count). The van der Waals surface area contributed by atoms with Gasteiger partial charge >= 0.3 is 0 Å². The van der Waals surface area contributed by atoms with E-state index in [-0.39, 0.29) is 24.7 Å². The highest BCUT2D eigenvalue weighted by atomic mass is 79.9. The summed E-state index contributed by atoms with van der Waals surface area (Å²) in [6.45, 7) is 1.88. The number of hydrogen-bond acceptors (Lipinski definition) is 4. The summed E-state index contributed by atoms with van der Waals surface area (Å²) in [6, 6.07) is 10.7. The fourth-order valence-electron chi connectivity index (χ4n) is 2.16. The second-order valence-electron chi connectivity index (χ2n) is 5.69. The van der Waals surface area contributed by atoms with Crippen LogP contribution in [0.5, 0.6) is 5.75 Å². The summed E-state index contributed by atoms with van der Waals surface area (Å²) in [5.74, 6) is -0.00709. The molecule has 8 heteroatoms. The van der Waals surface area contributed by atoms with Crippen molar-refractivity contribution >= 4 is 51.2 Å². The Labute approximate surface area is 171 Å². The number of ether oxygens (including phenoxy) is 1. The van der Waals surface area contributed by atoms with E-state index < -0.39 is 0 Å². The minimum atomic E-state index is -0.364. The summed E-state index contributed by atoms with van der Waals surface area (Å²) >= 11 is 9.39. The van der Waals surface area contributed by atoms with Gasteiger partial charge in [0, 0.05) is 33.6 Å². The number of hydrogen-bond donors (Lipinski definition) is 2. The van der Waals surface area contributed by atoms with Crippen molar-refractivity contribution < 1.29 is 14.3 Å². The predicted octanol–water partition coefficient (Wildman–Crippen LogP) is 4.29. The Morgan fingerprint density at radius 2 is 1.93 bits per heavy atom. The molecule has 2 aromatic carbocycles. The second-order valence-corrected chi connectivity index (χ2v) is 7.01. The van der Waals surface area contributed by atoms with Crippen LogP contribution in [-0.4, -0.2) is 25.1 Å². The largest absolute Gasteiger partial charge is 0.496 e. The zero-order chi connectivity index (χ0) is 19.8. The molecule has 6 nitrogen and oxygen atoms in total. The lowest BCUT2D eigenvalue weighted by Crippen LogP contribution is -2.20. The molecule has 0 radical (unpaired) electrons. The Morgan fingerprint density at radius 3 is 2.63 bits per heavy atom. The molecule has 0 aliphatic heterocycles. The van der Waals surface area contributed by atoms with Crippen molar-refractivity contribution in [3.63, 3.8) is 0 Å². The number of methoxy groups -OCH3 is 1. The SMILES string of the molecule is COc1ccc(Br)cc1C=NNC(=O)CCC(=O)Nc1ccc(C)c(Cl)c1. The second kappa shape index (κ2) is 10.1. The molecule has 0 atom stereocenters. The average Bonchev–Trinajstić information content (AvgIpc) is 2.63. The zero-order valence-electron chi connectivity index (χ0n) is 14.9. The number of halogens is 2. The van der Waals surface area contributed by atoms with Crippen molar-refractivity contribution in [2.45, 2.75) is 19.8 Å². The van der Waals surface area contributed by atoms with Gasteiger partial charge in [0.25, 0.3) is 0 Å². The molecular weight excluding hydrogens is 434 g/mol. The number of rotatable bonds is 7. The van der Waals surface area contributed by atoms with Gasteiger partial charge in [-0.25, -0.2) is 5.43 Å². The number of nitrogens with zero attached hydrogens (tertiary/aromatic N) is 1. The fraction of sp³-hybridized carbons (Fsp3) is 0.211. The molecule has 0 fully saturated rings. The van der Waals surface area contributed by atoms with E-state index in [4.69, 9.17) is 16.3 Å². The van der Waals surface area contributed by atoms with E-state index in [9.17, 15) is 9.59 Å². The van der Waals surface area contributed by atoms with Gasteiger partial charge in [-0.15, -0.1) is 0 Å². The molecule has 0 unspecified atom stereocenters. The van der Waals surface area contributed by atoms with E-state index in [1.165, 1.54) is 6.21 Å². The first-order valence-electron chi connectivity index (χ1n) is 8.10. The third-order valence-electron chi connectivity index (χ3n) is 3.62. The van der Waals surface area contributed by atoms with Crippen molar-refractivity contribution in [2.24, 2.45) is 5.10 Å². The van der Waals surface area contributed by atoms with Crippen molar-refractivity contribution in [2.75, 3.05) is 12.4 Å². The number of carbonyl (C=O) groups excluding carboxylic acids is 2. The summed E-state index contributed by atoms with van der Waals surface area (Å²) in [5.41, 5.74) is 4.62. The molecule has 142 valence electrons. The number of aryl methyl sites for hydroxylation is 1. The highest BCUT2D eigenvalue weighted by Gasteiger charge is 2.08. The first-order valence-corrected chi connectivity index (χ1v) is 9.27. The van der Waals surface area contributed by atoms with Crippen LogP contribution >= 0.6 is 27.5 Å². The Morgan fingerprint density at radius 1 is 1.19 bits per heavy atom. The molecule has 0 saturated heterocycles. The number of hydrazone groups is 1. The van der Waals surface area contributed by atoms with Gasteiger partial charge in [0.05, 0.1) is 13.3 Å². The normalized spacial score (nSPS) is 10.7. The van der Waals surface area contributed by atoms with E-state index in [2.05, 4.69) is 31.8 Å². The van der Waals surface area contributed by atoms with Crippen LogP contribution < -0.4 is 15.5 Å². The van der Waals surface area contributed by atoms with Crippen LogP contribution in [-0.2, 0) is 9.59 Å². The van der Waals surface area contributed by atoms with Crippen LogP contribution in [0.2, 0.25) is 5.02 Å². The maximum atomic E-state index is 11.9. The maximum absolute atomic E-state index is 11.9. The van der Waals surface area contributed by atoms with Gasteiger partial charge in [-0.3, -0.25) is 9.59 Å². The van der Waals surface area contributed by atoms with Crippen LogP contribution in [0, 0.1) is 6.92 Å². The standard InChI is InChI=1S/C19H19BrClN3O3/c1-12-3-5-15(10-16(12)21)23-18(25)7-8-19(26)24-22-11-13-9-14(20)4-6-17(13)27-2/h3-6,9-11H,7-8H2,1-2H3,(H,23,25)(H,24,26). The number of amides is 2. The van der Waals surface area contributed by atoms with Gasteiger partial charge in [0.1, 0.15) is 5.75 Å². The molecule has 0 aliphatic carbocycles. The molecule has 0 bridgehead atoms. The molecule has 2 aromatic rings. The van der Waals surface area contributed by atoms with E-state index in [1.54, 1.807) is 25.3 Å². The number of carbonyl (C=O) groups is 2. The van der Waals surface area contributed by atoms with Crippen LogP contribution in [0.3, 0.4) is 0 Å². The Hall–Kier alpha value is -2.38. The van der Waals surface area contributed by atoms with Gasteiger partial charge in [0.15, 0.2) is 0 Å². The highest BCUT2D eigenvalue weighted by molar-refractivity contribution is 9.10. The van der Waals surface area contributed by atoms with Crippen LogP contribution in [0.15, 0.2) is 46.0 Å². The predicted molar refractivity (Wildman–Crippen MR) is 110 cm³/mol. The summed E-state index contributed by atoms with van der Waals surface area (Å²) in [5, 5.41) is 7.18. The van der Waals surface area contributed by atoms with Gasteiger partial charge in [-0.1, -0.05) is 33.6 Å². The van der Waals surface area contributed by atoms with E-state index >= 15 is 0 Å². The average molecular weight is 453 g/mol. The molecule has 0 spiro atoms. The summed E-state index contributed by atoms with van der Waals surface area (Å²) in [6.07, 6.45) is 1.53. The quantitative estimate of drug-likeness (QED) is 0.486. The van der Waals surface area contributed by atoms with Crippen molar-refractivity contribution in [1.29, 1.82) is 0 Å². The van der Waals surface area contributed by atoms with Crippen LogP contribution in [0.4, 0.5) is 5.69 Å². The van der Waals surface area contributed by atoms with Gasteiger partial charge in [-0.2, -0.15) is 5.10 Å². The summed E-state index contributed by atoms with van der Waals surface area (Å²) in [7, 11) is 1.55. The fourth-order valence-corrected chi connectivity index (χ4v) is 2.72. The molecule has 2 N–H and O–H groups in total. The zero-order valence-corrected chi connectivity index (χ0v) is 17.2. The minimum absolute atomic E-state index is 0.0123. The monoisotopic (exact) mass is 451 g/mol. The minimum Gasteiger partial charge on any atom is -0.496 e. The molecule has 2 amide bonds. The maximum Gasteiger partial charge on any atom is 0.240 e. The summed E-state index contributed by atoms with van der Waals surface area (Å²) in [4.78, 5) is 23.8. The molecule has 0 heterocycles. The highest BCUT2D eigenvalue weighted by Crippen LogP contribution is 2.21. The first kappa shape index (κ1) is 20.9. The smallest absolute Gasteiger partial charge is 0.240 e.